The van der Waals surface area contributed by atoms with Gasteiger partial charge in [0, 0.05) is 11.1 Å². The minimum absolute atomic E-state index is 0.196. The van der Waals surface area contributed by atoms with E-state index in [0.29, 0.717) is 11.4 Å². The van der Waals surface area contributed by atoms with Crippen LogP contribution in [0.1, 0.15) is 0 Å². The third-order valence-electron chi connectivity index (χ3n) is 2.94. The standard InChI is InChI=1S/C16H12N2O2/c19-13-5-1-3-11(7-13)15-9-18-16(10-17-15)12-4-2-6-14(20)8-12/h1-10,19-20H. The van der Waals surface area contributed by atoms with Gasteiger partial charge in [-0.25, -0.2) is 0 Å². The molecule has 0 fully saturated rings. The van der Waals surface area contributed by atoms with Gasteiger partial charge >= 0.3 is 0 Å². The second kappa shape index (κ2) is 5.01. The van der Waals surface area contributed by atoms with Gasteiger partial charge in [-0.1, -0.05) is 24.3 Å². The topological polar surface area (TPSA) is 66.2 Å². The van der Waals surface area contributed by atoms with Crippen molar-refractivity contribution in [3.8, 4) is 34.0 Å². The van der Waals surface area contributed by atoms with E-state index in [2.05, 4.69) is 9.97 Å². The van der Waals surface area contributed by atoms with Crippen molar-refractivity contribution in [3.05, 3.63) is 60.9 Å². The Morgan fingerprint density at radius 2 is 1.10 bits per heavy atom. The summed E-state index contributed by atoms with van der Waals surface area (Å²) >= 11 is 0. The summed E-state index contributed by atoms with van der Waals surface area (Å²) in [6.45, 7) is 0. The molecule has 2 N–H and O–H groups in total. The average molecular weight is 264 g/mol. The van der Waals surface area contributed by atoms with Gasteiger partial charge in [0.15, 0.2) is 0 Å². The Hall–Kier alpha value is -2.88. The van der Waals surface area contributed by atoms with Crippen LogP contribution < -0.4 is 0 Å². The van der Waals surface area contributed by atoms with Crippen molar-refractivity contribution in [3.63, 3.8) is 0 Å². The Bertz CT molecular complexity index is 675. The number of nitrogens with zero attached hydrogens (tertiary/aromatic N) is 2. The van der Waals surface area contributed by atoms with Crippen molar-refractivity contribution >= 4 is 0 Å². The Labute approximate surface area is 116 Å². The maximum atomic E-state index is 9.46. The lowest BCUT2D eigenvalue weighted by atomic mass is 10.1. The highest BCUT2D eigenvalue weighted by atomic mass is 16.3. The highest BCUT2D eigenvalue weighted by Gasteiger charge is 2.04. The minimum atomic E-state index is 0.196. The predicted molar refractivity (Wildman–Crippen MR) is 76.2 cm³/mol. The number of phenols is 2. The molecule has 0 amide bonds. The molecule has 0 atom stereocenters. The van der Waals surface area contributed by atoms with Crippen molar-refractivity contribution in [2.24, 2.45) is 0 Å². The first-order valence-corrected chi connectivity index (χ1v) is 6.13. The summed E-state index contributed by atoms with van der Waals surface area (Å²) < 4.78 is 0. The maximum Gasteiger partial charge on any atom is 0.116 e. The number of hydrogen-bond donors (Lipinski definition) is 2. The van der Waals surface area contributed by atoms with Gasteiger partial charge in [0.1, 0.15) is 11.5 Å². The number of aromatic hydroxyl groups is 2. The molecule has 0 bridgehead atoms. The molecular weight excluding hydrogens is 252 g/mol. The van der Waals surface area contributed by atoms with Crippen molar-refractivity contribution in [1.82, 2.24) is 9.97 Å². The summed E-state index contributed by atoms with van der Waals surface area (Å²) in [5.41, 5.74) is 2.98. The van der Waals surface area contributed by atoms with E-state index in [1.54, 1.807) is 48.8 Å². The molecule has 2 aromatic carbocycles. The van der Waals surface area contributed by atoms with Gasteiger partial charge in [-0.05, 0) is 24.3 Å². The summed E-state index contributed by atoms with van der Waals surface area (Å²) in [6.07, 6.45) is 3.29. The zero-order chi connectivity index (χ0) is 13.9. The van der Waals surface area contributed by atoms with Gasteiger partial charge in [0.2, 0.25) is 0 Å². The second-order valence-electron chi connectivity index (χ2n) is 4.39. The van der Waals surface area contributed by atoms with Crippen LogP contribution in [0.5, 0.6) is 11.5 Å². The van der Waals surface area contributed by atoms with Gasteiger partial charge in [-0.15, -0.1) is 0 Å². The van der Waals surface area contributed by atoms with E-state index >= 15 is 0 Å². The molecule has 1 aromatic heterocycles. The Morgan fingerprint density at radius 3 is 1.45 bits per heavy atom. The first-order chi connectivity index (χ1) is 9.72. The molecule has 0 aliphatic rings. The number of benzene rings is 2. The Morgan fingerprint density at radius 1 is 0.650 bits per heavy atom. The van der Waals surface area contributed by atoms with Crippen LogP contribution >= 0.6 is 0 Å². The fraction of sp³-hybridized carbons (Fsp3) is 0. The summed E-state index contributed by atoms with van der Waals surface area (Å²) in [5.74, 6) is 0.391. The van der Waals surface area contributed by atoms with Crippen LogP contribution in [0.25, 0.3) is 22.5 Å². The SMILES string of the molecule is Oc1cccc(-c2cnc(-c3cccc(O)c3)cn2)c1. The Balaban J connectivity index is 1.96. The minimum Gasteiger partial charge on any atom is -0.508 e. The van der Waals surface area contributed by atoms with Crippen LogP contribution in [0.4, 0.5) is 0 Å². The Kier molecular flexibility index (Phi) is 3.05. The van der Waals surface area contributed by atoms with Crippen LogP contribution in [0, 0.1) is 0 Å². The number of phenolic OH excluding ortho intramolecular Hbond substituents is 2. The molecule has 0 aliphatic carbocycles. The predicted octanol–water partition coefficient (Wildman–Crippen LogP) is 3.22. The highest BCUT2D eigenvalue weighted by Crippen LogP contribution is 2.24. The van der Waals surface area contributed by atoms with Crippen LogP contribution in [0.2, 0.25) is 0 Å². The van der Waals surface area contributed by atoms with Gasteiger partial charge < -0.3 is 10.2 Å². The molecule has 0 saturated heterocycles. The zero-order valence-electron chi connectivity index (χ0n) is 10.6. The highest BCUT2D eigenvalue weighted by molar-refractivity contribution is 5.64. The van der Waals surface area contributed by atoms with E-state index in [0.717, 1.165) is 11.1 Å². The smallest absolute Gasteiger partial charge is 0.116 e. The summed E-state index contributed by atoms with van der Waals surface area (Å²) in [6, 6.07) is 13.7. The van der Waals surface area contributed by atoms with E-state index in [1.807, 2.05) is 12.1 Å². The molecule has 0 unspecified atom stereocenters. The van der Waals surface area contributed by atoms with E-state index in [9.17, 15) is 10.2 Å². The lowest BCUT2D eigenvalue weighted by Gasteiger charge is -2.04. The van der Waals surface area contributed by atoms with Crippen molar-refractivity contribution < 1.29 is 10.2 Å². The molecular formula is C16H12N2O2. The van der Waals surface area contributed by atoms with E-state index in [-0.39, 0.29) is 11.5 Å². The van der Waals surface area contributed by atoms with E-state index < -0.39 is 0 Å². The summed E-state index contributed by atoms with van der Waals surface area (Å²) in [5, 5.41) is 18.9. The lowest BCUT2D eigenvalue weighted by molar-refractivity contribution is 0.475. The number of aromatic nitrogens is 2. The van der Waals surface area contributed by atoms with Crippen LogP contribution in [0.15, 0.2) is 60.9 Å². The molecule has 98 valence electrons. The third kappa shape index (κ3) is 2.44. The van der Waals surface area contributed by atoms with Crippen molar-refractivity contribution in [2.45, 2.75) is 0 Å². The molecule has 4 heteroatoms. The molecule has 3 rings (SSSR count). The second-order valence-corrected chi connectivity index (χ2v) is 4.39. The fourth-order valence-electron chi connectivity index (χ4n) is 1.96. The first-order valence-electron chi connectivity index (χ1n) is 6.13. The molecule has 0 saturated carbocycles. The van der Waals surface area contributed by atoms with Gasteiger partial charge in [-0.2, -0.15) is 0 Å². The molecule has 0 aliphatic heterocycles. The number of hydrogen-bond acceptors (Lipinski definition) is 4. The monoisotopic (exact) mass is 264 g/mol. The third-order valence-corrected chi connectivity index (χ3v) is 2.94. The average Bonchev–Trinajstić information content (AvgIpc) is 2.47. The van der Waals surface area contributed by atoms with E-state index in [4.69, 9.17) is 0 Å². The molecule has 1 heterocycles. The van der Waals surface area contributed by atoms with E-state index in [1.165, 1.54) is 0 Å². The number of rotatable bonds is 2. The molecule has 4 nitrogen and oxygen atoms in total. The van der Waals surface area contributed by atoms with Gasteiger partial charge in [-0.3, -0.25) is 9.97 Å². The van der Waals surface area contributed by atoms with Crippen molar-refractivity contribution in [1.29, 1.82) is 0 Å². The largest absolute Gasteiger partial charge is 0.508 e. The summed E-state index contributed by atoms with van der Waals surface area (Å²) in [7, 11) is 0. The van der Waals surface area contributed by atoms with Crippen molar-refractivity contribution in [2.75, 3.05) is 0 Å². The normalized spacial score (nSPS) is 10.4. The first kappa shape index (κ1) is 12.2. The van der Waals surface area contributed by atoms with Gasteiger partial charge in [0.05, 0.1) is 23.8 Å². The van der Waals surface area contributed by atoms with Crippen LogP contribution in [-0.2, 0) is 0 Å². The zero-order valence-corrected chi connectivity index (χ0v) is 10.6. The lowest BCUT2D eigenvalue weighted by Crippen LogP contribution is -1.89. The van der Waals surface area contributed by atoms with Gasteiger partial charge in [0.25, 0.3) is 0 Å². The summed E-state index contributed by atoms with van der Waals surface area (Å²) in [4.78, 5) is 8.68. The molecule has 0 spiro atoms. The van der Waals surface area contributed by atoms with Crippen LogP contribution in [0.3, 0.4) is 0 Å². The molecule has 3 aromatic rings. The quantitative estimate of drug-likeness (QED) is 0.745. The van der Waals surface area contributed by atoms with Crippen LogP contribution in [-0.4, -0.2) is 20.2 Å². The fourth-order valence-corrected chi connectivity index (χ4v) is 1.96. The molecule has 20 heavy (non-hydrogen) atoms. The maximum absolute atomic E-state index is 9.46. The molecule has 0 radical (unpaired) electrons.